The zero-order chi connectivity index (χ0) is 22.5. The van der Waals surface area contributed by atoms with Crippen LogP contribution in [0.4, 0.5) is 5.82 Å². The van der Waals surface area contributed by atoms with E-state index in [1.54, 1.807) is 30.7 Å². The number of rotatable bonds is 5. The van der Waals surface area contributed by atoms with E-state index in [4.69, 9.17) is 26.8 Å². The first-order valence-electron chi connectivity index (χ1n) is 10.6. The number of halogens is 1. The van der Waals surface area contributed by atoms with Crippen LogP contribution in [0.5, 0.6) is 0 Å². The Bertz CT molecular complexity index is 1150. The minimum Gasteiger partial charge on any atom is -0.355 e. The number of nitrogens with zero attached hydrogens (tertiary/aromatic N) is 5. The number of hydrogen-bond acceptors (Lipinski definition) is 6. The molecule has 0 spiro atoms. The molecule has 0 aliphatic carbocycles. The van der Waals surface area contributed by atoms with Crippen LogP contribution in [0.1, 0.15) is 31.7 Å². The van der Waals surface area contributed by atoms with Crippen LogP contribution in [-0.4, -0.2) is 40.0 Å². The predicted octanol–water partition coefficient (Wildman–Crippen LogP) is 4.23. The molecular formula is C24H23ClN6O. The molecule has 2 aromatic heterocycles. The van der Waals surface area contributed by atoms with Crippen molar-refractivity contribution in [1.29, 1.82) is 5.26 Å². The summed E-state index contributed by atoms with van der Waals surface area (Å²) in [5.41, 5.74) is 3.55. The van der Waals surface area contributed by atoms with E-state index in [-0.39, 0.29) is 11.9 Å². The normalized spacial score (nSPS) is 14.1. The van der Waals surface area contributed by atoms with Gasteiger partial charge in [-0.2, -0.15) is 5.26 Å². The average Bonchev–Trinajstić information content (AvgIpc) is 2.84. The van der Waals surface area contributed by atoms with Crippen molar-refractivity contribution in [3.05, 3.63) is 59.5 Å². The van der Waals surface area contributed by atoms with Gasteiger partial charge in [-0.15, -0.1) is 0 Å². The Kier molecular flexibility index (Phi) is 6.62. The topological polar surface area (TPSA) is 94.8 Å². The van der Waals surface area contributed by atoms with Crippen LogP contribution in [0, 0.1) is 11.3 Å². The zero-order valence-electron chi connectivity index (χ0n) is 17.8. The van der Waals surface area contributed by atoms with E-state index in [1.807, 2.05) is 25.1 Å². The summed E-state index contributed by atoms with van der Waals surface area (Å²) in [6.45, 7) is 3.42. The van der Waals surface area contributed by atoms with Gasteiger partial charge in [0.25, 0.3) is 0 Å². The van der Waals surface area contributed by atoms with Gasteiger partial charge >= 0.3 is 0 Å². The van der Waals surface area contributed by atoms with Crippen molar-refractivity contribution < 1.29 is 4.79 Å². The van der Waals surface area contributed by atoms with E-state index in [0.717, 1.165) is 42.9 Å². The number of aromatic nitrogens is 3. The molecule has 4 rings (SSSR count). The SMILES string of the molecule is CCC(=O)NC1CCN(c2cnc(-c3ccc(C#N)cc3)c(-c3ccncc3Cl)n2)CC1. The van der Waals surface area contributed by atoms with E-state index < -0.39 is 0 Å². The third-order valence-electron chi connectivity index (χ3n) is 5.58. The second-order valence-electron chi connectivity index (χ2n) is 7.65. The number of carbonyl (C=O) groups excluding carboxylic acids is 1. The van der Waals surface area contributed by atoms with Crippen LogP contribution in [0.2, 0.25) is 5.02 Å². The Morgan fingerprint density at radius 3 is 2.59 bits per heavy atom. The average molecular weight is 447 g/mol. The highest BCUT2D eigenvalue weighted by Gasteiger charge is 2.23. The second-order valence-corrected chi connectivity index (χ2v) is 8.06. The lowest BCUT2D eigenvalue weighted by Gasteiger charge is -2.33. The first-order valence-corrected chi connectivity index (χ1v) is 11.0. The first kappa shape index (κ1) is 21.7. The van der Waals surface area contributed by atoms with Gasteiger partial charge in [0, 0.05) is 49.1 Å². The van der Waals surface area contributed by atoms with Gasteiger partial charge in [-0.3, -0.25) is 14.8 Å². The molecule has 8 heteroatoms. The Labute approximate surface area is 192 Å². The minimum absolute atomic E-state index is 0.0876. The fourth-order valence-electron chi connectivity index (χ4n) is 3.78. The van der Waals surface area contributed by atoms with Crippen LogP contribution >= 0.6 is 11.6 Å². The fourth-order valence-corrected chi connectivity index (χ4v) is 3.99. The highest BCUT2D eigenvalue weighted by Crippen LogP contribution is 2.34. The Hall–Kier alpha value is -3.50. The third-order valence-corrected chi connectivity index (χ3v) is 5.88. The lowest BCUT2D eigenvalue weighted by Crippen LogP contribution is -2.44. The van der Waals surface area contributed by atoms with Crippen molar-refractivity contribution >= 4 is 23.3 Å². The third kappa shape index (κ3) is 4.71. The Morgan fingerprint density at radius 2 is 1.94 bits per heavy atom. The quantitative estimate of drug-likeness (QED) is 0.630. The number of amides is 1. The molecule has 1 aliphatic heterocycles. The molecule has 0 unspecified atom stereocenters. The minimum atomic E-state index is 0.0876. The number of hydrogen-bond donors (Lipinski definition) is 1. The molecule has 32 heavy (non-hydrogen) atoms. The van der Waals surface area contributed by atoms with Crippen molar-refractivity contribution in [1.82, 2.24) is 20.3 Å². The number of pyridine rings is 1. The molecule has 0 bridgehead atoms. The lowest BCUT2D eigenvalue weighted by atomic mass is 10.0. The fraction of sp³-hybridized carbons (Fsp3) is 0.292. The molecule has 1 aliphatic rings. The Morgan fingerprint density at radius 1 is 1.19 bits per heavy atom. The van der Waals surface area contributed by atoms with Gasteiger partial charge in [-0.25, -0.2) is 4.98 Å². The van der Waals surface area contributed by atoms with E-state index in [2.05, 4.69) is 21.3 Å². The molecule has 3 aromatic rings. The second kappa shape index (κ2) is 9.75. The number of nitriles is 1. The van der Waals surface area contributed by atoms with Crippen molar-refractivity contribution in [2.75, 3.05) is 18.0 Å². The smallest absolute Gasteiger partial charge is 0.219 e. The summed E-state index contributed by atoms with van der Waals surface area (Å²) in [6, 6.07) is 11.4. The van der Waals surface area contributed by atoms with Gasteiger partial charge in [0.2, 0.25) is 5.91 Å². The number of nitrogens with one attached hydrogen (secondary N) is 1. The Balaban J connectivity index is 1.66. The van der Waals surface area contributed by atoms with E-state index in [9.17, 15) is 4.79 Å². The molecular weight excluding hydrogens is 424 g/mol. The van der Waals surface area contributed by atoms with Crippen LogP contribution in [-0.2, 0) is 4.79 Å². The summed E-state index contributed by atoms with van der Waals surface area (Å²) in [4.78, 5) is 27.7. The summed E-state index contributed by atoms with van der Waals surface area (Å²) in [5, 5.41) is 12.7. The molecule has 1 aromatic carbocycles. The molecule has 0 saturated carbocycles. The molecule has 0 radical (unpaired) electrons. The number of carbonyl (C=O) groups is 1. The summed E-state index contributed by atoms with van der Waals surface area (Å²) in [7, 11) is 0. The van der Waals surface area contributed by atoms with Gasteiger partial charge in [0.15, 0.2) is 0 Å². The number of benzene rings is 1. The molecule has 1 saturated heterocycles. The summed E-state index contributed by atoms with van der Waals surface area (Å²) >= 11 is 6.46. The van der Waals surface area contributed by atoms with E-state index in [0.29, 0.717) is 28.4 Å². The molecule has 7 nitrogen and oxygen atoms in total. The van der Waals surface area contributed by atoms with Crippen molar-refractivity contribution in [3.63, 3.8) is 0 Å². The highest BCUT2D eigenvalue weighted by atomic mass is 35.5. The number of anilines is 1. The molecule has 1 N–H and O–H groups in total. The van der Waals surface area contributed by atoms with Gasteiger partial charge < -0.3 is 10.2 Å². The standard InChI is InChI=1S/C24H23ClN6O/c1-2-22(32)29-18-8-11-31(12-9-18)21-15-28-23(17-5-3-16(13-26)4-6-17)24(30-21)19-7-10-27-14-20(19)25/h3-7,10,14-15,18H,2,8-9,11-12H2,1H3,(H,29,32). The van der Waals surface area contributed by atoms with Crippen LogP contribution in [0.25, 0.3) is 22.5 Å². The van der Waals surface area contributed by atoms with Crippen LogP contribution in [0.3, 0.4) is 0 Å². The maximum Gasteiger partial charge on any atom is 0.219 e. The lowest BCUT2D eigenvalue weighted by molar-refractivity contribution is -0.121. The zero-order valence-corrected chi connectivity index (χ0v) is 18.5. The van der Waals surface area contributed by atoms with Gasteiger partial charge in [0.1, 0.15) is 11.5 Å². The first-order chi connectivity index (χ1) is 15.6. The maximum absolute atomic E-state index is 11.7. The van der Waals surface area contributed by atoms with Crippen molar-refractivity contribution in [3.8, 4) is 28.6 Å². The summed E-state index contributed by atoms with van der Waals surface area (Å²) in [6.07, 6.45) is 7.26. The van der Waals surface area contributed by atoms with Crippen LogP contribution in [0.15, 0.2) is 48.9 Å². The molecule has 1 amide bonds. The molecule has 0 atom stereocenters. The molecule has 1 fully saturated rings. The van der Waals surface area contributed by atoms with Gasteiger partial charge in [-0.1, -0.05) is 30.7 Å². The van der Waals surface area contributed by atoms with E-state index in [1.165, 1.54) is 0 Å². The number of piperidine rings is 1. The molecule has 162 valence electrons. The summed E-state index contributed by atoms with van der Waals surface area (Å²) in [5.74, 6) is 0.857. The monoisotopic (exact) mass is 446 g/mol. The van der Waals surface area contributed by atoms with Crippen molar-refractivity contribution in [2.45, 2.75) is 32.2 Å². The highest BCUT2D eigenvalue weighted by molar-refractivity contribution is 6.33. The predicted molar refractivity (Wildman–Crippen MR) is 124 cm³/mol. The van der Waals surface area contributed by atoms with Gasteiger partial charge in [-0.05, 0) is 31.0 Å². The van der Waals surface area contributed by atoms with Gasteiger partial charge in [0.05, 0.1) is 28.5 Å². The maximum atomic E-state index is 11.7. The summed E-state index contributed by atoms with van der Waals surface area (Å²) < 4.78 is 0. The largest absolute Gasteiger partial charge is 0.355 e. The van der Waals surface area contributed by atoms with Crippen molar-refractivity contribution in [2.24, 2.45) is 0 Å². The van der Waals surface area contributed by atoms with E-state index >= 15 is 0 Å². The molecule has 3 heterocycles. The van der Waals surface area contributed by atoms with Crippen LogP contribution < -0.4 is 10.2 Å².